The zero-order chi connectivity index (χ0) is 27.6. The van der Waals surface area contributed by atoms with Crippen LogP contribution in [0.15, 0.2) is 95.5 Å². The van der Waals surface area contributed by atoms with Crippen molar-refractivity contribution in [2.75, 3.05) is 0 Å². The van der Waals surface area contributed by atoms with E-state index in [0.29, 0.717) is 5.41 Å². The minimum atomic E-state index is -0.471. The first kappa shape index (κ1) is 23.0. The molecule has 2 nitrogen and oxygen atoms in total. The first-order valence-corrected chi connectivity index (χ1v) is 14.2. The molecule has 39 heavy (non-hydrogen) atoms. The van der Waals surface area contributed by atoms with Gasteiger partial charge in [-0.1, -0.05) is 74.5 Å². The van der Waals surface area contributed by atoms with Gasteiger partial charge in [0.1, 0.15) is 18.2 Å². The second kappa shape index (κ2) is 9.09. The highest BCUT2D eigenvalue weighted by Gasteiger charge is 2.27. The molecule has 2 aromatic heterocycles. The van der Waals surface area contributed by atoms with Crippen molar-refractivity contribution < 1.29 is 10.4 Å². The van der Waals surface area contributed by atoms with E-state index in [1.807, 2.05) is 0 Å². The van der Waals surface area contributed by atoms with Crippen molar-refractivity contribution in [1.29, 1.82) is 0 Å². The number of hydrogen-bond acceptors (Lipinski definition) is 1. The van der Waals surface area contributed by atoms with Crippen LogP contribution < -0.4 is 4.57 Å². The number of rotatable bonds is 3. The molecule has 0 aliphatic heterocycles. The molecule has 4 aromatic carbocycles. The van der Waals surface area contributed by atoms with Crippen molar-refractivity contribution >= 4 is 32.7 Å². The fourth-order valence-corrected chi connectivity index (χ4v) is 6.36. The van der Waals surface area contributed by atoms with Gasteiger partial charge in [-0.25, -0.2) is 4.57 Å². The van der Waals surface area contributed by atoms with Gasteiger partial charge < -0.3 is 4.42 Å². The molecule has 194 valence electrons. The van der Waals surface area contributed by atoms with E-state index in [-0.39, 0.29) is 0 Å². The molecule has 0 unspecified atom stereocenters. The van der Waals surface area contributed by atoms with Crippen LogP contribution >= 0.6 is 0 Å². The lowest BCUT2D eigenvalue weighted by molar-refractivity contribution is -0.660. The largest absolute Gasteiger partial charge is 0.455 e. The number of aromatic nitrogens is 1. The maximum absolute atomic E-state index is 9.17. The van der Waals surface area contributed by atoms with Gasteiger partial charge in [-0.2, -0.15) is 0 Å². The molecule has 0 radical (unpaired) electrons. The molecule has 6 aromatic rings. The molecule has 2 heteroatoms. The van der Waals surface area contributed by atoms with Crippen LogP contribution in [0.1, 0.15) is 57.9 Å². The van der Waals surface area contributed by atoms with E-state index in [4.69, 9.17) is 5.79 Å². The monoisotopic (exact) mass is 511 g/mol. The topological polar surface area (TPSA) is 17.0 Å². The molecule has 0 saturated heterocycles. The molecule has 0 spiro atoms. The number of pyridine rings is 1. The zero-order valence-corrected chi connectivity index (χ0v) is 23.3. The molecule has 0 amide bonds. The van der Waals surface area contributed by atoms with Crippen molar-refractivity contribution in [1.82, 2.24) is 0 Å². The standard InChI is InChI=1S/C37H36NO/c1-24-9-14-31-32-21-28-7-5-6-8-29(28)23-34(32)39-36(31)35(24)33-22-30(17-20-38(33)4)26-12-10-25(11-13-26)27-15-18-37(2,3)19-16-27/h5-14,17,20-23,27H,15-16,18-19H2,1-4H3/q+1/i27D. The van der Waals surface area contributed by atoms with Crippen LogP contribution in [-0.4, -0.2) is 0 Å². The molecule has 2 heterocycles. The predicted octanol–water partition coefficient (Wildman–Crippen LogP) is 9.89. The van der Waals surface area contributed by atoms with Gasteiger partial charge in [-0.15, -0.1) is 0 Å². The molecule has 1 aliphatic rings. The van der Waals surface area contributed by atoms with E-state index in [9.17, 15) is 0 Å². The Bertz CT molecular complexity index is 1900. The first-order valence-electron chi connectivity index (χ1n) is 14.7. The molecule has 0 atom stereocenters. The molecule has 7 rings (SSSR count). The number of hydrogen-bond donors (Lipinski definition) is 0. The molecule has 0 bridgehead atoms. The summed E-state index contributed by atoms with van der Waals surface area (Å²) in [5.41, 5.74) is 9.14. The van der Waals surface area contributed by atoms with Crippen LogP contribution in [0.5, 0.6) is 0 Å². The third kappa shape index (κ3) is 4.23. The Balaban J connectivity index is 1.31. The predicted molar refractivity (Wildman–Crippen MR) is 163 cm³/mol. The summed E-state index contributed by atoms with van der Waals surface area (Å²) in [6.07, 6.45) is 6.23. The highest BCUT2D eigenvalue weighted by Crippen LogP contribution is 2.43. The number of benzene rings is 4. The van der Waals surface area contributed by atoms with Crippen molar-refractivity contribution in [3.8, 4) is 22.4 Å². The lowest BCUT2D eigenvalue weighted by atomic mass is 9.71. The molecule has 1 saturated carbocycles. The molecular formula is C37H36NO+. The first-order chi connectivity index (χ1) is 19.2. The van der Waals surface area contributed by atoms with E-state index >= 15 is 0 Å². The number of nitrogens with zero attached hydrogens (tertiary/aromatic N) is 1. The Labute approximate surface area is 232 Å². The van der Waals surface area contributed by atoms with Gasteiger partial charge >= 0.3 is 0 Å². The Morgan fingerprint density at radius 3 is 2.28 bits per heavy atom. The van der Waals surface area contributed by atoms with Gasteiger partial charge in [0.15, 0.2) is 6.20 Å². The second-order valence-corrected chi connectivity index (χ2v) is 12.2. The van der Waals surface area contributed by atoms with Crippen molar-refractivity contribution in [2.45, 2.75) is 52.3 Å². The third-order valence-electron chi connectivity index (χ3n) is 8.96. The average molecular weight is 512 g/mol. The Hall–Kier alpha value is -3.91. The van der Waals surface area contributed by atoms with E-state index in [1.165, 1.54) is 27.5 Å². The van der Waals surface area contributed by atoms with E-state index in [1.54, 1.807) is 0 Å². The Kier molecular flexibility index (Phi) is 5.36. The summed E-state index contributed by atoms with van der Waals surface area (Å²) in [6, 6.07) is 30.5. The number of aryl methyl sites for hydroxylation is 2. The van der Waals surface area contributed by atoms with Crippen LogP contribution in [0.25, 0.3) is 55.1 Å². The van der Waals surface area contributed by atoms with Crippen LogP contribution in [0.3, 0.4) is 0 Å². The molecule has 0 N–H and O–H groups in total. The fraction of sp³-hybridized carbons (Fsp3) is 0.270. The van der Waals surface area contributed by atoms with Gasteiger partial charge in [0.05, 0.1) is 5.56 Å². The fourth-order valence-electron chi connectivity index (χ4n) is 6.36. The summed E-state index contributed by atoms with van der Waals surface area (Å²) in [6.45, 7) is 6.83. The van der Waals surface area contributed by atoms with Gasteiger partial charge in [-0.3, -0.25) is 0 Å². The van der Waals surface area contributed by atoms with Gasteiger partial charge in [-0.05, 0) is 89.1 Å². The number of furan rings is 1. The number of fused-ring (bicyclic) bond motifs is 4. The normalized spacial score (nSPS) is 17.1. The Morgan fingerprint density at radius 1 is 0.821 bits per heavy atom. The van der Waals surface area contributed by atoms with E-state index < -0.39 is 5.89 Å². The zero-order valence-electron chi connectivity index (χ0n) is 24.3. The maximum Gasteiger partial charge on any atom is 0.216 e. The summed E-state index contributed by atoms with van der Waals surface area (Å²) >= 11 is 0. The lowest BCUT2D eigenvalue weighted by Crippen LogP contribution is -2.30. The summed E-state index contributed by atoms with van der Waals surface area (Å²) < 4.78 is 18.0. The Morgan fingerprint density at radius 2 is 1.54 bits per heavy atom. The van der Waals surface area contributed by atoms with Crippen LogP contribution in [0.4, 0.5) is 0 Å². The molecule has 1 aliphatic carbocycles. The van der Waals surface area contributed by atoms with Crippen molar-refractivity contribution in [3.63, 3.8) is 0 Å². The van der Waals surface area contributed by atoms with Gasteiger partial charge in [0.25, 0.3) is 0 Å². The highest BCUT2D eigenvalue weighted by atomic mass is 16.3. The maximum atomic E-state index is 9.17. The van der Waals surface area contributed by atoms with Gasteiger partial charge in [0.2, 0.25) is 5.69 Å². The minimum absolute atomic E-state index is 0.356. The average Bonchev–Trinajstić information content (AvgIpc) is 3.31. The van der Waals surface area contributed by atoms with Crippen molar-refractivity contribution in [2.24, 2.45) is 12.5 Å². The van der Waals surface area contributed by atoms with Gasteiger partial charge in [0, 0.05) is 24.3 Å². The summed E-state index contributed by atoms with van der Waals surface area (Å²) in [5, 5.41) is 4.71. The smallest absolute Gasteiger partial charge is 0.216 e. The summed E-state index contributed by atoms with van der Waals surface area (Å²) in [7, 11) is 2.10. The van der Waals surface area contributed by atoms with E-state index in [0.717, 1.165) is 64.4 Å². The van der Waals surface area contributed by atoms with Crippen LogP contribution in [-0.2, 0) is 7.05 Å². The van der Waals surface area contributed by atoms with Crippen molar-refractivity contribution in [3.05, 3.63) is 102 Å². The molecular weight excluding hydrogens is 474 g/mol. The quantitative estimate of drug-likeness (QED) is 0.216. The lowest BCUT2D eigenvalue weighted by Gasteiger charge is -2.34. The van der Waals surface area contributed by atoms with E-state index in [2.05, 4.69) is 124 Å². The van der Waals surface area contributed by atoms with Crippen LogP contribution in [0.2, 0.25) is 0 Å². The minimum Gasteiger partial charge on any atom is -0.455 e. The van der Waals surface area contributed by atoms with Crippen LogP contribution in [0, 0.1) is 12.3 Å². The summed E-state index contributed by atoms with van der Waals surface area (Å²) in [4.78, 5) is 0. The molecule has 1 fully saturated rings. The summed E-state index contributed by atoms with van der Waals surface area (Å²) in [5.74, 6) is -0.471. The third-order valence-corrected chi connectivity index (χ3v) is 8.96. The second-order valence-electron chi connectivity index (χ2n) is 12.2. The SMILES string of the molecule is [2H]C1(c2ccc(-c3cc[n+](C)c(-c4c(C)ccc5c4oc4cc6ccccc6cc45)c3)cc2)CCC(C)(C)CC1. The highest BCUT2D eigenvalue weighted by molar-refractivity contribution is 6.13.